The summed E-state index contributed by atoms with van der Waals surface area (Å²) in [6.07, 6.45) is -0.203. The van der Waals surface area contributed by atoms with E-state index in [0.717, 1.165) is 6.07 Å². The summed E-state index contributed by atoms with van der Waals surface area (Å²) in [5, 5.41) is 10.6. The second-order valence-electron chi connectivity index (χ2n) is 9.21. The molecule has 0 saturated heterocycles. The van der Waals surface area contributed by atoms with Crippen molar-refractivity contribution < 1.29 is 36.6 Å². The first kappa shape index (κ1) is 29.6. The van der Waals surface area contributed by atoms with Crippen LogP contribution in [0.3, 0.4) is 0 Å². The van der Waals surface area contributed by atoms with Crippen LogP contribution in [-0.4, -0.2) is 43.8 Å². The zero-order valence-electron chi connectivity index (χ0n) is 22.6. The zero-order chi connectivity index (χ0) is 29.7. The number of hydrogen-bond acceptors (Lipinski definition) is 5. The summed E-state index contributed by atoms with van der Waals surface area (Å²) < 4.78 is 68.9. The number of ether oxygens (including phenoxy) is 2. The molecule has 0 bridgehead atoms. The van der Waals surface area contributed by atoms with Crippen LogP contribution in [0.4, 0.5) is 8.78 Å². The highest BCUT2D eigenvalue weighted by Crippen LogP contribution is 2.31. The minimum Gasteiger partial charge on any atom is -0.497 e. The highest BCUT2D eigenvalue weighted by atomic mass is 32.2. The Balaban J connectivity index is 1.68. The Morgan fingerprint density at radius 1 is 1.05 bits per heavy atom. The van der Waals surface area contributed by atoms with E-state index in [1.165, 1.54) is 43.5 Å². The number of benzene rings is 3. The SMILES string of the molecule is CC#CCOc1ccc(S(=O)(=O)NC(Cc2c(C)n(Cc3cc(F)cc(F)c3)c3ccc(OC)cc23)C(=O)O)cc1. The van der Waals surface area contributed by atoms with E-state index in [9.17, 15) is 27.1 Å². The third-order valence-electron chi connectivity index (χ3n) is 6.55. The second kappa shape index (κ2) is 12.4. The lowest BCUT2D eigenvalue weighted by Gasteiger charge is -2.16. The van der Waals surface area contributed by atoms with E-state index in [1.807, 2.05) is 0 Å². The van der Waals surface area contributed by atoms with Gasteiger partial charge in [0.15, 0.2) is 0 Å². The lowest BCUT2D eigenvalue weighted by atomic mass is 10.0. The molecule has 0 aliphatic heterocycles. The topological polar surface area (TPSA) is 107 Å². The monoisotopic (exact) mass is 582 g/mol. The van der Waals surface area contributed by atoms with Gasteiger partial charge in [-0.3, -0.25) is 4.79 Å². The van der Waals surface area contributed by atoms with E-state index in [0.29, 0.717) is 39.2 Å². The summed E-state index contributed by atoms with van der Waals surface area (Å²) >= 11 is 0. The van der Waals surface area contributed by atoms with Crippen molar-refractivity contribution >= 4 is 26.9 Å². The second-order valence-corrected chi connectivity index (χ2v) is 10.9. The van der Waals surface area contributed by atoms with Gasteiger partial charge >= 0.3 is 5.97 Å². The fraction of sp³-hybridized carbons (Fsp3) is 0.233. The summed E-state index contributed by atoms with van der Waals surface area (Å²) in [7, 11) is -2.74. The molecule has 41 heavy (non-hydrogen) atoms. The van der Waals surface area contributed by atoms with Gasteiger partial charge in [0.2, 0.25) is 10.0 Å². The molecule has 0 amide bonds. The molecule has 4 aromatic rings. The van der Waals surface area contributed by atoms with Gasteiger partial charge in [-0.05, 0) is 79.6 Å². The minimum absolute atomic E-state index is 0.102. The molecule has 11 heteroatoms. The van der Waals surface area contributed by atoms with Crippen molar-refractivity contribution in [3.63, 3.8) is 0 Å². The van der Waals surface area contributed by atoms with E-state index in [2.05, 4.69) is 16.6 Å². The average Bonchev–Trinajstić information content (AvgIpc) is 3.17. The highest BCUT2D eigenvalue weighted by molar-refractivity contribution is 7.89. The van der Waals surface area contributed by atoms with Gasteiger partial charge in [0.1, 0.15) is 35.8 Å². The van der Waals surface area contributed by atoms with Crippen LogP contribution in [0.1, 0.15) is 23.7 Å². The Bertz CT molecular complexity index is 1740. The number of nitrogens with one attached hydrogen (secondary N) is 1. The Kier molecular flexibility index (Phi) is 8.95. The Hall–Kier alpha value is -4.40. The number of rotatable bonds is 11. The first-order valence-electron chi connectivity index (χ1n) is 12.5. The van der Waals surface area contributed by atoms with Gasteiger partial charge in [-0.15, -0.1) is 5.92 Å². The van der Waals surface area contributed by atoms with Crippen molar-refractivity contribution in [3.05, 3.63) is 89.1 Å². The van der Waals surface area contributed by atoms with Crippen LogP contribution in [0, 0.1) is 30.4 Å². The number of nitrogens with zero attached hydrogens (tertiary/aromatic N) is 1. The number of carbonyl (C=O) groups is 1. The molecule has 0 fully saturated rings. The standard InChI is InChI=1S/C30H28F2N2O6S/c1-4-5-12-40-23-6-9-25(10-7-23)41(37,38)33-28(30(35)36)17-26-19(2)34(18-20-13-21(31)15-22(32)14-20)29-11-8-24(39-3)16-27(26)29/h6-11,13-16,28,33H,12,17-18H2,1-3H3,(H,35,36). The summed E-state index contributed by atoms with van der Waals surface area (Å²) in [6, 6.07) is 12.4. The molecule has 0 aliphatic carbocycles. The maximum absolute atomic E-state index is 13.9. The van der Waals surface area contributed by atoms with E-state index in [-0.39, 0.29) is 24.5 Å². The van der Waals surface area contributed by atoms with Crippen LogP contribution in [-0.2, 0) is 27.8 Å². The predicted molar refractivity (Wildman–Crippen MR) is 150 cm³/mol. The molecule has 1 aromatic heterocycles. The molecule has 0 radical (unpaired) electrons. The molecule has 8 nitrogen and oxygen atoms in total. The first-order valence-corrected chi connectivity index (χ1v) is 14.0. The number of methoxy groups -OCH3 is 1. The quantitative estimate of drug-likeness (QED) is 0.249. The lowest BCUT2D eigenvalue weighted by Crippen LogP contribution is -2.42. The first-order chi connectivity index (χ1) is 19.5. The molecule has 0 saturated carbocycles. The van der Waals surface area contributed by atoms with Gasteiger partial charge < -0.3 is 19.1 Å². The van der Waals surface area contributed by atoms with E-state index >= 15 is 0 Å². The van der Waals surface area contributed by atoms with Gasteiger partial charge in [-0.25, -0.2) is 17.2 Å². The van der Waals surface area contributed by atoms with Crippen LogP contribution in [0.5, 0.6) is 11.5 Å². The highest BCUT2D eigenvalue weighted by Gasteiger charge is 2.28. The third kappa shape index (κ3) is 6.85. The largest absolute Gasteiger partial charge is 0.497 e. The molecule has 4 rings (SSSR count). The number of carboxylic acids is 1. The number of sulfonamides is 1. The number of halogens is 2. The molecular weight excluding hydrogens is 554 g/mol. The molecular formula is C30H28F2N2O6S. The molecule has 0 aliphatic rings. The minimum atomic E-state index is -4.23. The summed E-state index contributed by atoms with van der Waals surface area (Å²) in [6.45, 7) is 3.66. The Morgan fingerprint density at radius 3 is 2.32 bits per heavy atom. The number of hydrogen-bond donors (Lipinski definition) is 2. The molecule has 1 heterocycles. The van der Waals surface area contributed by atoms with E-state index in [1.54, 1.807) is 36.6 Å². The van der Waals surface area contributed by atoms with Gasteiger partial charge in [0.05, 0.1) is 12.0 Å². The van der Waals surface area contributed by atoms with Crippen LogP contribution >= 0.6 is 0 Å². The Morgan fingerprint density at radius 2 is 1.71 bits per heavy atom. The average molecular weight is 583 g/mol. The smallest absolute Gasteiger partial charge is 0.322 e. The summed E-state index contributed by atoms with van der Waals surface area (Å²) in [5.74, 6) is 3.54. The third-order valence-corrected chi connectivity index (χ3v) is 8.04. The lowest BCUT2D eigenvalue weighted by molar-refractivity contribution is -0.138. The number of aromatic nitrogens is 1. The molecule has 1 unspecified atom stereocenters. The van der Waals surface area contributed by atoms with E-state index in [4.69, 9.17) is 9.47 Å². The van der Waals surface area contributed by atoms with Crippen molar-refractivity contribution in [2.45, 2.75) is 37.8 Å². The van der Waals surface area contributed by atoms with Gasteiger partial charge in [0.25, 0.3) is 0 Å². The van der Waals surface area contributed by atoms with Crippen molar-refractivity contribution in [1.82, 2.24) is 9.29 Å². The summed E-state index contributed by atoms with van der Waals surface area (Å²) in [4.78, 5) is 12.1. The number of fused-ring (bicyclic) bond motifs is 1. The fourth-order valence-corrected chi connectivity index (χ4v) is 5.74. The zero-order valence-corrected chi connectivity index (χ0v) is 23.4. The number of aliphatic carboxylic acids is 1. The van der Waals surface area contributed by atoms with Crippen LogP contribution in [0.2, 0.25) is 0 Å². The number of carboxylic acid groups (broad SMARTS) is 1. The molecule has 0 spiro atoms. The van der Waals surface area contributed by atoms with Gasteiger partial charge in [-0.1, -0.05) is 5.92 Å². The summed E-state index contributed by atoms with van der Waals surface area (Å²) in [5.41, 5.74) is 2.19. The van der Waals surface area contributed by atoms with Crippen LogP contribution in [0.25, 0.3) is 10.9 Å². The maximum Gasteiger partial charge on any atom is 0.322 e. The van der Waals surface area contributed by atoms with Crippen molar-refractivity contribution in [2.75, 3.05) is 13.7 Å². The van der Waals surface area contributed by atoms with Crippen LogP contribution in [0.15, 0.2) is 65.6 Å². The van der Waals surface area contributed by atoms with Gasteiger partial charge in [-0.2, -0.15) is 4.72 Å². The Labute approximate surface area is 236 Å². The van der Waals surface area contributed by atoms with Crippen LogP contribution < -0.4 is 14.2 Å². The predicted octanol–water partition coefficient (Wildman–Crippen LogP) is 4.66. The van der Waals surface area contributed by atoms with Crippen molar-refractivity contribution in [1.29, 1.82) is 0 Å². The van der Waals surface area contributed by atoms with E-state index < -0.39 is 33.7 Å². The van der Waals surface area contributed by atoms with Gasteiger partial charge in [0, 0.05) is 35.6 Å². The van der Waals surface area contributed by atoms with Crippen molar-refractivity contribution in [2.24, 2.45) is 0 Å². The molecule has 1 atom stereocenters. The fourth-order valence-electron chi connectivity index (χ4n) is 4.55. The normalized spacial score (nSPS) is 12.0. The molecule has 214 valence electrons. The molecule has 3 aromatic carbocycles. The van der Waals surface area contributed by atoms with Crippen molar-refractivity contribution in [3.8, 4) is 23.3 Å². The maximum atomic E-state index is 13.9. The molecule has 2 N–H and O–H groups in total.